The molecule has 0 atom stereocenters. The van der Waals surface area contributed by atoms with Crippen molar-refractivity contribution in [2.75, 3.05) is 5.75 Å². The van der Waals surface area contributed by atoms with Crippen molar-refractivity contribution in [3.63, 3.8) is 0 Å². The highest BCUT2D eigenvalue weighted by molar-refractivity contribution is 7.91. The van der Waals surface area contributed by atoms with E-state index < -0.39 is 9.84 Å². The summed E-state index contributed by atoms with van der Waals surface area (Å²) in [6, 6.07) is 7.17. The van der Waals surface area contributed by atoms with Crippen LogP contribution >= 0.6 is 0 Å². The molecule has 0 saturated heterocycles. The van der Waals surface area contributed by atoms with Gasteiger partial charge in [0.2, 0.25) is 0 Å². The molecule has 0 heterocycles. The van der Waals surface area contributed by atoms with Gasteiger partial charge in [0.05, 0.1) is 10.6 Å². The standard InChI is InChI=1S/C12H18O2S/c1-3-4-7-10-15(13,14)12-9-6-5-8-11(12)2/h5-6,8-9H,3-4,7,10H2,1-2H3. The maximum atomic E-state index is 11.9. The van der Waals surface area contributed by atoms with Crippen molar-refractivity contribution in [3.8, 4) is 0 Å². The maximum absolute atomic E-state index is 11.9. The summed E-state index contributed by atoms with van der Waals surface area (Å²) in [5, 5.41) is 0. The van der Waals surface area contributed by atoms with E-state index in [2.05, 4.69) is 6.92 Å². The van der Waals surface area contributed by atoms with Crippen molar-refractivity contribution in [1.82, 2.24) is 0 Å². The summed E-state index contributed by atoms with van der Waals surface area (Å²) >= 11 is 0. The lowest BCUT2D eigenvalue weighted by Crippen LogP contribution is -2.08. The number of hydrogen-bond donors (Lipinski definition) is 0. The Morgan fingerprint density at radius 1 is 1.13 bits per heavy atom. The number of sulfone groups is 1. The molecule has 1 aromatic carbocycles. The lowest BCUT2D eigenvalue weighted by molar-refractivity contribution is 0.590. The Labute approximate surface area is 92.2 Å². The average molecular weight is 226 g/mol. The SMILES string of the molecule is CCCCCS(=O)(=O)c1ccccc1C. The number of unbranched alkanes of at least 4 members (excludes halogenated alkanes) is 2. The van der Waals surface area contributed by atoms with Crippen LogP contribution in [0.3, 0.4) is 0 Å². The quantitative estimate of drug-likeness (QED) is 0.723. The molecule has 0 aliphatic carbocycles. The van der Waals surface area contributed by atoms with Gasteiger partial charge < -0.3 is 0 Å². The van der Waals surface area contributed by atoms with Crippen molar-refractivity contribution in [1.29, 1.82) is 0 Å². The fraction of sp³-hybridized carbons (Fsp3) is 0.500. The third-order valence-electron chi connectivity index (χ3n) is 2.45. The highest BCUT2D eigenvalue weighted by Crippen LogP contribution is 2.17. The molecule has 15 heavy (non-hydrogen) atoms. The molecule has 0 saturated carbocycles. The van der Waals surface area contributed by atoms with Gasteiger partial charge in [0.1, 0.15) is 0 Å². The Bertz CT molecular complexity index is 407. The summed E-state index contributed by atoms with van der Waals surface area (Å²) in [6.07, 6.45) is 2.78. The predicted octanol–water partition coefficient (Wildman–Crippen LogP) is 2.96. The monoisotopic (exact) mass is 226 g/mol. The van der Waals surface area contributed by atoms with Gasteiger partial charge in [-0.3, -0.25) is 0 Å². The molecule has 84 valence electrons. The third-order valence-corrected chi connectivity index (χ3v) is 4.40. The number of hydrogen-bond acceptors (Lipinski definition) is 2. The van der Waals surface area contributed by atoms with E-state index in [0.717, 1.165) is 24.8 Å². The Morgan fingerprint density at radius 2 is 1.80 bits per heavy atom. The third kappa shape index (κ3) is 3.34. The molecule has 0 aliphatic rings. The zero-order valence-corrected chi connectivity index (χ0v) is 10.2. The molecule has 0 radical (unpaired) electrons. The summed E-state index contributed by atoms with van der Waals surface area (Å²) in [6.45, 7) is 3.91. The van der Waals surface area contributed by atoms with E-state index >= 15 is 0 Å². The van der Waals surface area contributed by atoms with E-state index in [-0.39, 0.29) is 5.75 Å². The average Bonchev–Trinajstić information content (AvgIpc) is 2.18. The second kappa shape index (κ2) is 5.31. The van der Waals surface area contributed by atoms with Crippen LogP contribution in [0.5, 0.6) is 0 Å². The Hall–Kier alpha value is -0.830. The van der Waals surface area contributed by atoms with E-state index in [1.807, 2.05) is 19.1 Å². The Kier molecular flexibility index (Phi) is 4.33. The Balaban J connectivity index is 2.83. The molecule has 3 heteroatoms. The van der Waals surface area contributed by atoms with Crippen molar-refractivity contribution in [2.45, 2.75) is 38.0 Å². The first-order valence-electron chi connectivity index (χ1n) is 5.36. The highest BCUT2D eigenvalue weighted by Gasteiger charge is 2.15. The van der Waals surface area contributed by atoms with Crippen LogP contribution < -0.4 is 0 Å². The van der Waals surface area contributed by atoms with Gasteiger partial charge in [0, 0.05) is 0 Å². The van der Waals surface area contributed by atoms with Crippen LogP contribution in [0.15, 0.2) is 29.2 Å². The van der Waals surface area contributed by atoms with Crippen molar-refractivity contribution >= 4 is 9.84 Å². The van der Waals surface area contributed by atoms with Crippen molar-refractivity contribution in [2.24, 2.45) is 0 Å². The van der Waals surface area contributed by atoms with Gasteiger partial charge in [-0.05, 0) is 25.0 Å². The van der Waals surface area contributed by atoms with Gasteiger partial charge in [-0.25, -0.2) is 8.42 Å². The molecule has 0 aliphatic heterocycles. The van der Waals surface area contributed by atoms with Gasteiger partial charge in [-0.2, -0.15) is 0 Å². The fourth-order valence-electron chi connectivity index (χ4n) is 1.56. The van der Waals surface area contributed by atoms with Crippen LogP contribution in [0.4, 0.5) is 0 Å². The van der Waals surface area contributed by atoms with Crippen molar-refractivity contribution in [3.05, 3.63) is 29.8 Å². The number of aryl methyl sites for hydroxylation is 1. The maximum Gasteiger partial charge on any atom is 0.178 e. The van der Waals surface area contributed by atoms with E-state index in [0.29, 0.717) is 4.90 Å². The van der Waals surface area contributed by atoms with Gasteiger partial charge in [0.15, 0.2) is 9.84 Å². The summed E-state index contributed by atoms with van der Waals surface area (Å²) < 4.78 is 23.9. The molecule has 2 nitrogen and oxygen atoms in total. The topological polar surface area (TPSA) is 34.1 Å². The molecule has 0 amide bonds. The molecule has 0 spiro atoms. The first-order valence-corrected chi connectivity index (χ1v) is 7.01. The minimum absolute atomic E-state index is 0.270. The normalized spacial score (nSPS) is 11.6. The zero-order chi connectivity index (χ0) is 11.3. The highest BCUT2D eigenvalue weighted by atomic mass is 32.2. The lowest BCUT2D eigenvalue weighted by atomic mass is 10.2. The smallest absolute Gasteiger partial charge is 0.178 e. The molecule has 0 unspecified atom stereocenters. The van der Waals surface area contributed by atoms with Crippen molar-refractivity contribution < 1.29 is 8.42 Å². The molecule has 1 rings (SSSR count). The van der Waals surface area contributed by atoms with Crippen LogP contribution in [0.2, 0.25) is 0 Å². The van der Waals surface area contributed by atoms with E-state index in [1.165, 1.54) is 0 Å². The lowest BCUT2D eigenvalue weighted by Gasteiger charge is -2.06. The largest absolute Gasteiger partial charge is 0.224 e. The predicted molar refractivity (Wildman–Crippen MR) is 62.8 cm³/mol. The Morgan fingerprint density at radius 3 is 2.40 bits per heavy atom. The van der Waals surface area contributed by atoms with E-state index in [9.17, 15) is 8.42 Å². The molecule has 0 aromatic heterocycles. The summed E-state index contributed by atoms with van der Waals surface area (Å²) in [5.41, 5.74) is 0.842. The second-order valence-corrected chi connectivity index (χ2v) is 5.87. The van der Waals surface area contributed by atoms with Crippen LogP contribution in [0.25, 0.3) is 0 Å². The first-order chi connectivity index (χ1) is 7.08. The fourth-order valence-corrected chi connectivity index (χ4v) is 3.21. The van der Waals surface area contributed by atoms with Crippen LogP contribution in [-0.2, 0) is 9.84 Å². The van der Waals surface area contributed by atoms with Gasteiger partial charge >= 0.3 is 0 Å². The number of benzene rings is 1. The molecule has 1 aromatic rings. The first kappa shape index (κ1) is 12.2. The molecular formula is C12H18O2S. The summed E-state index contributed by atoms with van der Waals surface area (Å²) in [4.78, 5) is 0.487. The number of rotatable bonds is 5. The van der Waals surface area contributed by atoms with Gasteiger partial charge in [-0.1, -0.05) is 38.0 Å². The minimum atomic E-state index is -3.06. The summed E-state index contributed by atoms with van der Waals surface area (Å²) in [5.74, 6) is 0.270. The molecule has 0 bridgehead atoms. The van der Waals surface area contributed by atoms with Crippen LogP contribution in [0.1, 0.15) is 31.7 Å². The molecule has 0 N–H and O–H groups in total. The summed E-state index contributed by atoms with van der Waals surface area (Å²) in [7, 11) is -3.06. The molecular weight excluding hydrogens is 208 g/mol. The molecule has 0 fully saturated rings. The van der Waals surface area contributed by atoms with Gasteiger partial charge in [-0.15, -0.1) is 0 Å². The van der Waals surface area contributed by atoms with E-state index in [1.54, 1.807) is 12.1 Å². The van der Waals surface area contributed by atoms with Gasteiger partial charge in [0.25, 0.3) is 0 Å². The van der Waals surface area contributed by atoms with E-state index in [4.69, 9.17) is 0 Å². The minimum Gasteiger partial charge on any atom is -0.224 e. The zero-order valence-electron chi connectivity index (χ0n) is 9.36. The van der Waals surface area contributed by atoms with Crippen LogP contribution in [0, 0.1) is 6.92 Å². The second-order valence-electron chi connectivity index (χ2n) is 3.79. The van der Waals surface area contributed by atoms with Crippen LogP contribution in [-0.4, -0.2) is 14.2 Å².